The molecule has 0 amide bonds. The highest BCUT2D eigenvalue weighted by Crippen LogP contribution is 2.28. The van der Waals surface area contributed by atoms with Crippen LogP contribution in [0.2, 0.25) is 0 Å². The van der Waals surface area contributed by atoms with Crippen LogP contribution >= 0.6 is 0 Å². The topological polar surface area (TPSA) is 29.0 Å². The van der Waals surface area contributed by atoms with Crippen LogP contribution in [-0.4, -0.2) is 28.0 Å². The summed E-state index contributed by atoms with van der Waals surface area (Å²) in [5.74, 6) is 0.212. The van der Waals surface area contributed by atoms with Gasteiger partial charge in [0.15, 0.2) is 0 Å². The van der Waals surface area contributed by atoms with Crippen molar-refractivity contribution in [2.75, 3.05) is 13.1 Å². The number of hydrogen-bond acceptors (Lipinski definition) is 3. The van der Waals surface area contributed by atoms with Crippen LogP contribution in [0.5, 0.6) is 0 Å². The molecule has 3 aromatic rings. The molecule has 0 unspecified atom stereocenters. The van der Waals surface area contributed by atoms with Crippen molar-refractivity contribution in [3.05, 3.63) is 84.1 Å². The summed E-state index contributed by atoms with van der Waals surface area (Å²) in [6.07, 6.45) is 6.08. The van der Waals surface area contributed by atoms with Crippen molar-refractivity contribution >= 4 is 0 Å². The first-order chi connectivity index (χ1) is 12.8. The van der Waals surface area contributed by atoms with Gasteiger partial charge >= 0.3 is 0 Å². The number of piperidine rings is 1. The second-order valence-corrected chi connectivity index (χ2v) is 6.89. The average Bonchev–Trinajstić information content (AvgIpc) is 2.70. The number of halogens is 1. The van der Waals surface area contributed by atoms with Gasteiger partial charge in [-0.3, -0.25) is 14.9 Å². The van der Waals surface area contributed by atoms with Gasteiger partial charge < -0.3 is 0 Å². The van der Waals surface area contributed by atoms with E-state index in [1.165, 1.54) is 24.1 Å². The lowest BCUT2D eigenvalue weighted by Crippen LogP contribution is -2.34. The Bertz CT molecular complexity index is 849. The van der Waals surface area contributed by atoms with E-state index in [0.29, 0.717) is 5.92 Å². The Labute approximate surface area is 153 Å². The summed E-state index contributed by atoms with van der Waals surface area (Å²) in [7, 11) is 0. The zero-order valence-electron chi connectivity index (χ0n) is 14.7. The smallest absolute Gasteiger partial charge is 0.123 e. The lowest BCUT2D eigenvalue weighted by Gasteiger charge is -2.32. The Morgan fingerprint density at radius 2 is 1.92 bits per heavy atom. The van der Waals surface area contributed by atoms with E-state index in [0.717, 1.165) is 43.0 Å². The molecule has 1 aromatic carbocycles. The zero-order valence-corrected chi connectivity index (χ0v) is 14.7. The summed E-state index contributed by atoms with van der Waals surface area (Å²) in [5.41, 5.74) is 4.24. The van der Waals surface area contributed by atoms with Crippen molar-refractivity contribution in [2.24, 2.45) is 0 Å². The third-order valence-corrected chi connectivity index (χ3v) is 4.96. The third-order valence-electron chi connectivity index (χ3n) is 4.96. The van der Waals surface area contributed by atoms with Crippen molar-refractivity contribution in [3.63, 3.8) is 0 Å². The molecule has 4 rings (SSSR count). The van der Waals surface area contributed by atoms with Crippen LogP contribution in [0.15, 0.2) is 67.0 Å². The molecule has 0 radical (unpaired) electrons. The minimum Gasteiger partial charge on any atom is -0.298 e. The summed E-state index contributed by atoms with van der Waals surface area (Å²) in [6, 6.07) is 16.8. The van der Waals surface area contributed by atoms with Gasteiger partial charge in [0, 0.05) is 42.7 Å². The number of pyridine rings is 2. The van der Waals surface area contributed by atoms with Crippen LogP contribution in [0, 0.1) is 5.82 Å². The highest BCUT2D eigenvalue weighted by molar-refractivity contribution is 5.59. The van der Waals surface area contributed by atoms with Gasteiger partial charge in [-0.25, -0.2) is 4.39 Å². The van der Waals surface area contributed by atoms with Gasteiger partial charge in [0.2, 0.25) is 0 Å². The Morgan fingerprint density at radius 3 is 2.73 bits per heavy atom. The molecule has 1 fully saturated rings. The Morgan fingerprint density at radius 1 is 1.04 bits per heavy atom. The summed E-state index contributed by atoms with van der Waals surface area (Å²) in [4.78, 5) is 11.6. The molecule has 4 heteroatoms. The van der Waals surface area contributed by atoms with E-state index in [-0.39, 0.29) is 5.82 Å². The molecule has 1 aliphatic rings. The Balaban J connectivity index is 1.50. The number of rotatable bonds is 4. The standard InChI is InChI=1S/C22H22FN3/c23-20-10-8-18(9-11-20)21-6-1-7-22(25-21)19-5-3-13-26(16-19)15-17-4-2-12-24-14-17/h1-2,4,6-12,14,19H,3,5,13,15-16H2/t19-/m0/s1. The van der Waals surface area contributed by atoms with E-state index in [4.69, 9.17) is 4.98 Å². The van der Waals surface area contributed by atoms with Crippen molar-refractivity contribution in [1.82, 2.24) is 14.9 Å². The summed E-state index contributed by atoms with van der Waals surface area (Å²) in [6.45, 7) is 3.06. The Hall–Kier alpha value is -2.59. The van der Waals surface area contributed by atoms with Crippen LogP contribution < -0.4 is 0 Å². The second-order valence-electron chi connectivity index (χ2n) is 6.89. The molecule has 1 aliphatic heterocycles. The van der Waals surface area contributed by atoms with E-state index >= 15 is 0 Å². The molecule has 3 heterocycles. The molecule has 0 bridgehead atoms. The molecular formula is C22H22FN3. The molecule has 0 saturated carbocycles. The molecule has 132 valence electrons. The van der Waals surface area contributed by atoms with Crippen molar-refractivity contribution in [1.29, 1.82) is 0 Å². The summed E-state index contributed by atoms with van der Waals surface area (Å²) >= 11 is 0. The van der Waals surface area contributed by atoms with Crippen molar-refractivity contribution in [2.45, 2.75) is 25.3 Å². The number of benzene rings is 1. The molecule has 0 N–H and O–H groups in total. The van der Waals surface area contributed by atoms with Crippen LogP contribution in [0.4, 0.5) is 4.39 Å². The minimum atomic E-state index is -0.219. The Kier molecular flexibility index (Phi) is 5.02. The van der Waals surface area contributed by atoms with E-state index in [9.17, 15) is 4.39 Å². The van der Waals surface area contributed by atoms with Crippen LogP contribution in [0.25, 0.3) is 11.3 Å². The molecule has 26 heavy (non-hydrogen) atoms. The first-order valence-corrected chi connectivity index (χ1v) is 9.12. The fourth-order valence-corrected chi connectivity index (χ4v) is 3.65. The maximum atomic E-state index is 13.2. The maximum Gasteiger partial charge on any atom is 0.123 e. The normalized spacial score (nSPS) is 18.0. The van der Waals surface area contributed by atoms with Gasteiger partial charge in [0.1, 0.15) is 5.82 Å². The molecule has 1 atom stereocenters. The fourth-order valence-electron chi connectivity index (χ4n) is 3.65. The highest BCUT2D eigenvalue weighted by Gasteiger charge is 2.22. The SMILES string of the molecule is Fc1ccc(-c2cccc([C@H]3CCCN(Cc4cccnc4)C3)n2)cc1. The molecule has 2 aromatic heterocycles. The quantitative estimate of drug-likeness (QED) is 0.687. The summed E-state index contributed by atoms with van der Waals surface area (Å²) < 4.78 is 13.2. The number of hydrogen-bond donors (Lipinski definition) is 0. The highest BCUT2D eigenvalue weighted by atomic mass is 19.1. The first-order valence-electron chi connectivity index (χ1n) is 9.12. The molecular weight excluding hydrogens is 325 g/mol. The van der Waals surface area contributed by atoms with Gasteiger partial charge in [-0.1, -0.05) is 12.1 Å². The van der Waals surface area contributed by atoms with Crippen molar-refractivity contribution in [3.8, 4) is 11.3 Å². The lowest BCUT2D eigenvalue weighted by molar-refractivity contribution is 0.198. The van der Waals surface area contributed by atoms with Crippen LogP contribution in [-0.2, 0) is 6.54 Å². The van der Waals surface area contributed by atoms with E-state index in [1.54, 1.807) is 12.1 Å². The van der Waals surface area contributed by atoms with Gasteiger partial charge in [-0.05, 0) is 67.4 Å². The second kappa shape index (κ2) is 7.75. The predicted molar refractivity (Wildman–Crippen MR) is 101 cm³/mol. The van der Waals surface area contributed by atoms with E-state index in [1.807, 2.05) is 24.5 Å². The molecule has 3 nitrogen and oxygen atoms in total. The van der Waals surface area contributed by atoms with E-state index < -0.39 is 0 Å². The van der Waals surface area contributed by atoms with Gasteiger partial charge in [-0.2, -0.15) is 0 Å². The van der Waals surface area contributed by atoms with Gasteiger partial charge in [0.25, 0.3) is 0 Å². The maximum absolute atomic E-state index is 13.2. The monoisotopic (exact) mass is 347 g/mol. The third kappa shape index (κ3) is 3.97. The zero-order chi connectivity index (χ0) is 17.8. The predicted octanol–water partition coefficient (Wildman–Crippen LogP) is 4.66. The number of aromatic nitrogens is 2. The van der Waals surface area contributed by atoms with Crippen molar-refractivity contribution < 1.29 is 4.39 Å². The van der Waals surface area contributed by atoms with Gasteiger partial charge in [-0.15, -0.1) is 0 Å². The first kappa shape index (κ1) is 16.9. The molecule has 0 spiro atoms. The number of nitrogens with zero attached hydrogens (tertiary/aromatic N) is 3. The fraction of sp³-hybridized carbons (Fsp3) is 0.273. The molecule has 1 saturated heterocycles. The number of likely N-dealkylation sites (tertiary alicyclic amines) is 1. The van der Waals surface area contributed by atoms with Crippen LogP contribution in [0.1, 0.15) is 30.0 Å². The summed E-state index contributed by atoms with van der Waals surface area (Å²) in [5, 5.41) is 0. The van der Waals surface area contributed by atoms with Crippen LogP contribution in [0.3, 0.4) is 0 Å². The molecule has 0 aliphatic carbocycles. The largest absolute Gasteiger partial charge is 0.298 e. The average molecular weight is 347 g/mol. The van der Waals surface area contributed by atoms with Gasteiger partial charge in [0.05, 0.1) is 5.69 Å². The van der Waals surface area contributed by atoms with E-state index in [2.05, 4.69) is 28.1 Å². The lowest BCUT2D eigenvalue weighted by atomic mass is 9.93. The minimum absolute atomic E-state index is 0.219.